The van der Waals surface area contributed by atoms with Crippen LogP contribution in [0.15, 0.2) is 36.5 Å². The zero-order valence-electron chi connectivity index (χ0n) is 8.05. The number of alkyl halides is 3. The second-order valence-corrected chi connectivity index (χ2v) is 3.14. The predicted molar refractivity (Wildman–Crippen MR) is 53.3 cm³/mol. The maximum Gasteiger partial charge on any atom is 0.418 e. The standard InChI is InChI=1S/C10H8F3N3/c11-10(12,13)7-3-1-2-4-8(7)15-9-5-6-14-16-9/h1-6H,(H2,14,15,16). The van der Waals surface area contributed by atoms with Crippen molar-refractivity contribution in [3.05, 3.63) is 42.1 Å². The van der Waals surface area contributed by atoms with E-state index in [9.17, 15) is 13.2 Å². The highest BCUT2D eigenvalue weighted by Crippen LogP contribution is 2.35. The van der Waals surface area contributed by atoms with Crippen LogP contribution in [-0.2, 0) is 6.18 Å². The Morgan fingerprint density at radius 3 is 2.50 bits per heavy atom. The van der Waals surface area contributed by atoms with Gasteiger partial charge in [0.1, 0.15) is 5.82 Å². The Kier molecular flexibility index (Phi) is 2.55. The highest BCUT2D eigenvalue weighted by Gasteiger charge is 2.33. The van der Waals surface area contributed by atoms with Crippen LogP contribution in [0.3, 0.4) is 0 Å². The number of anilines is 2. The summed E-state index contributed by atoms with van der Waals surface area (Å²) in [5.74, 6) is 0.414. The Hall–Kier alpha value is -1.98. The zero-order valence-corrected chi connectivity index (χ0v) is 8.05. The Bertz CT molecular complexity index is 462. The molecular formula is C10H8F3N3. The maximum atomic E-state index is 12.6. The number of benzene rings is 1. The summed E-state index contributed by atoms with van der Waals surface area (Å²) in [7, 11) is 0. The molecule has 0 radical (unpaired) electrons. The van der Waals surface area contributed by atoms with Crippen molar-refractivity contribution in [1.29, 1.82) is 0 Å². The molecule has 2 rings (SSSR count). The summed E-state index contributed by atoms with van der Waals surface area (Å²) < 4.78 is 37.8. The first-order valence-corrected chi connectivity index (χ1v) is 4.50. The molecule has 2 N–H and O–H groups in total. The molecule has 0 aliphatic rings. The minimum Gasteiger partial charge on any atom is -0.340 e. The van der Waals surface area contributed by atoms with E-state index in [1.54, 1.807) is 6.07 Å². The molecular weight excluding hydrogens is 219 g/mol. The Morgan fingerprint density at radius 1 is 1.12 bits per heavy atom. The SMILES string of the molecule is FC(F)(F)c1ccccc1Nc1ccn[nH]1. The first kappa shape index (κ1) is 10.5. The number of rotatable bonds is 2. The average Bonchev–Trinajstić information content (AvgIpc) is 2.70. The van der Waals surface area contributed by atoms with Crippen LogP contribution >= 0.6 is 0 Å². The van der Waals surface area contributed by atoms with Gasteiger partial charge in [0.05, 0.1) is 17.4 Å². The number of aromatic nitrogens is 2. The van der Waals surface area contributed by atoms with E-state index in [1.165, 1.54) is 24.4 Å². The van der Waals surface area contributed by atoms with Gasteiger partial charge in [-0.3, -0.25) is 5.10 Å². The molecule has 0 bridgehead atoms. The highest BCUT2D eigenvalue weighted by atomic mass is 19.4. The number of para-hydroxylation sites is 1. The Labute approximate surface area is 89.3 Å². The first-order chi connectivity index (χ1) is 7.57. The van der Waals surface area contributed by atoms with Gasteiger partial charge in [0.2, 0.25) is 0 Å². The molecule has 3 nitrogen and oxygen atoms in total. The van der Waals surface area contributed by atoms with E-state index < -0.39 is 11.7 Å². The monoisotopic (exact) mass is 227 g/mol. The van der Waals surface area contributed by atoms with Crippen LogP contribution in [0.2, 0.25) is 0 Å². The van der Waals surface area contributed by atoms with Crippen molar-refractivity contribution >= 4 is 11.5 Å². The number of aromatic amines is 1. The summed E-state index contributed by atoms with van der Waals surface area (Å²) in [6.07, 6.45) is -2.91. The molecule has 6 heteroatoms. The van der Waals surface area contributed by atoms with E-state index in [0.29, 0.717) is 5.82 Å². The Morgan fingerprint density at radius 2 is 1.88 bits per heavy atom. The molecule has 0 saturated carbocycles. The summed E-state index contributed by atoms with van der Waals surface area (Å²) in [5.41, 5.74) is -0.705. The minimum atomic E-state index is -4.37. The molecule has 0 spiro atoms. The van der Waals surface area contributed by atoms with E-state index >= 15 is 0 Å². The maximum absolute atomic E-state index is 12.6. The highest BCUT2D eigenvalue weighted by molar-refractivity contribution is 5.60. The minimum absolute atomic E-state index is 0.000694. The van der Waals surface area contributed by atoms with Crippen molar-refractivity contribution < 1.29 is 13.2 Å². The molecule has 2 aromatic rings. The third-order valence-corrected chi connectivity index (χ3v) is 2.00. The quantitative estimate of drug-likeness (QED) is 0.827. The fraction of sp³-hybridized carbons (Fsp3) is 0.100. The average molecular weight is 227 g/mol. The van der Waals surface area contributed by atoms with Crippen molar-refractivity contribution in [2.45, 2.75) is 6.18 Å². The smallest absolute Gasteiger partial charge is 0.340 e. The van der Waals surface area contributed by atoms with Crippen molar-refractivity contribution in [1.82, 2.24) is 10.2 Å². The van der Waals surface area contributed by atoms with Gasteiger partial charge in [0.25, 0.3) is 0 Å². The van der Waals surface area contributed by atoms with Crippen LogP contribution < -0.4 is 5.32 Å². The molecule has 0 amide bonds. The van der Waals surface area contributed by atoms with E-state index in [1.807, 2.05) is 0 Å². The summed E-state index contributed by atoms with van der Waals surface area (Å²) in [5, 5.41) is 8.80. The molecule has 0 atom stereocenters. The molecule has 1 aromatic carbocycles. The van der Waals surface area contributed by atoms with Gasteiger partial charge in [-0.1, -0.05) is 12.1 Å². The number of nitrogens with one attached hydrogen (secondary N) is 2. The Balaban J connectivity index is 2.34. The van der Waals surface area contributed by atoms with Gasteiger partial charge in [-0.25, -0.2) is 0 Å². The lowest BCUT2D eigenvalue weighted by atomic mass is 10.1. The molecule has 0 saturated heterocycles. The van der Waals surface area contributed by atoms with Crippen molar-refractivity contribution in [3.8, 4) is 0 Å². The number of hydrogen-bond acceptors (Lipinski definition) is 2. The van der Waals surface area contributed by atoms with Crippen molar-refractivity contribution in [2.24, 2.45) is 0 Å². The molecule has 84 valence electrons. The van der Waals surface area contributed by atoms with Crippen LogP contribution in [0.1, 0.15) is 5.56 Å². The third-order valence-electron chi connectivity index (χ3n) is 2.00. The van der Waals surface area contributed by atoms with Crippen LogP contribution in [-0.4, -0.2) is 10.2 Å². The van der Waals surface area contributed by atoms with Gasteiger partial charge in [0, 0.05) is 6.07 Å². The lowest BCUT2D eigenvalue weighted by molar-refractivity contribution is -0.136. The van der Waals surface area contributed by atoms with E-state index in [-0.39, 0.29) is 5.69 Å². The van der Waals surface area contributed by atoms with Crippen molar-refractivity contribution in [2.75, 3.05) is 5.32 Å². The predicted octanol–water partition coefficient (Wildman–Crippen LogP) is 3.17. The number of hydrogen-bond donors (Lipinski definition) is 2. The van der Waals surface area contributed by atoms with Gasteiger partial charge in [-0.2, -0.15) is 18.3 Å². The second kappa shape index (κ2) is 3.88. The van der Waals surface area contributed by atoms with Gasteiger partial charge in [-0.05, 0) is 12.1 Å². The van der Waals surface area contributed by atoms with Crippen LogP contribution in [0, 0.1) is 0 Å². The molecule has 0 aliphatic heterocycles. The lowest BCUT2D eigenvalue weighted by Gasteiger charge is -2.12. The fourth-order valence-corrected chi connectivity index (χ4v) is 1.31. The van der Waals surface area contributed by atoms with Gasteiger partial charge in [0.15, 0.2) is 0 Å². The second-order valence-electron chi connectivity index (χ2n) is 3.14. The molecule has 1 aromatic heterocycles. The molecule has 0 unspecified atom stereocenters. The van der Waals surface area contributed by atoms with E-state index in [4.69, 9.17) is 0 Å². The molecule has 16 heavy (non-hydrogen) atoms. The lowest BCUT2D eigenvalue weighted by Crippen LogP contribution is -2.08. The first-order valence-electron chi connectivity index (χ1n) is 4.50. The molecule has 0 fully saturated rings. The van der Waals surface area contributed by atoms with Crippen LogP contribution in [0.5, 0.6) is 0 Å². The third kappa shape index (κ3) is 2.16. The van der Waals surface area contributed by atoms with Crippen LogP contribution in [0.25, 0.3) is 0 Å². The van der Waals surface area contributed by atoms with Gasteiger partial charge < -0.3 is 5.32 Å². The summed E-state index contributed by atoms with van der Waals surface area (Å²) in [6, 6.07) is 6.82. The largest absolute Gasteiger partial charge is 0.418 e. The number of halogens is 3. The van der Waals surface area contributed by atoms with Crippen molar-refractivity contribution in [3.63, 3.8) is 0 Å². The normalized spacial score (nSPS) is 11.4. The number of nitrogens with zero attached hydrogens (tertiary/aromatic N) is 1. The van der Waals surface area contributed by atoms with Crippen LogP contribution in [0.4, 0.5) is 24.7 Å². The summed E-state index contributed by atoms with van der Waals surface area (Å²) in [6.45, 7) is 0. The molecule has 1 heterocycles. The molecule has 0 aliphatic carbocycles. The summed E-state index contributed by atoms with van der Waals surface area (Å²) in [4.78, 5) is 0. The zero-order chi connectivity index (χ0) is 11.6. The fourth-order valence-electron chi connectivity index (χ4n) is 1.31. The van der Waals surface area contributed by atoms with Gasteiger partial charge in [-0.15, -0.1) is 0 Å². The van der Waals surface area contributed by atoms with Gasteiger partial charge >= 0.3 is 6.18 Å². The number of H-pyrrole nitrogens is 1. The summed E-state index contributed by atoms with van der Waals surface area (Å²) >= 11 is 0. The van der Waals surface area contributed by atoms with E-state index in [2.05, 4.69) is 15.5 Å². The topological polar surface area (TPSA) is 40.7 Å². The van der Waals surface area contributed by atoms with E-state index in [0.717, 1.165) is 6.07 Å².